The van der Waals surface area contributed by atoms with E-state index in [1.807, 2.05) is 0 Å². The number of likely N-dealkylation sites (tertiary alicyclic amines) is 1. The second-order valence-corrected chi connectivity index (χ2v) is 6.51. The van der Waals surface area contributed by atoms with Crippen LogP contribution in [0.25, 0.3) is 0 Å². The molecular formula is C15H32N2. The van der Waals surface area contributed by atoms with Crippen LogP contribution in [0.1, 0.15) is 54.4 Å². The summed E-state index contributed by atoms with van der Waals surface area (Å²) in [5.41, 5.74) is 0. The molecule has 4 atom stereocenters. The number of hydrogen-bond acceptors (Lipinski definition) is 2. The summed E-state index contributed by atoms with van der Waals surface area (Å²) in [4.78, 5) is 2.72. The molecule has 1 saturated heterocycles. The van der Waals surface area contributed by atoms with Gasteiger partial charge in [0.2, 0.25) is 0 Å². The minimum absolute atomic E-state index is 0.599. The average Bonchev–Trinajstić information content (AvgIpc) is 2.28. The van der Waals surface area contributed by atoms with Crippen LogP contribution in [-0.2, 0) is 0 Å². The van der Waals surface area contributed by atoms with E-state index >= 15 is 0 Å². The first-order valence-corrected chi connectivity index (χ1v) is 7.41. The zero-order valence-corrected chi connectivity index (χ0v) is 12.7. The zero-order chi connectivity index (χ0) is 13.0. The van der Waals surface area contributed by atoms with Crippen LogP contribution in [0.15, 0.2) is 0 Å². The maximum atomic E-state index is 3.56. The van der Waals surface area contributed by atoms with E-state index in [9.17, 15) is 0 Å². The van der Waals surface area contributed by atoms with Crippen molar-refractivity contribution in [2.24, 2.45) is 11.8 Å². The monoisotopic (exact) mass is 240 g/mol. The van der Waals surface area contributed by atoms with Gasteiger partial charge in [0.05, 0.1) is 0 Å². The lowest BCUT2D eigenvalue weighted by atomic mass is 9.90. The molecule has 1 heterocycles. The van der Waals surface area contributed by atoms with Crippen molar-refractivity contribution in [1.29, 1.82) is 0 Å². The van der Waals surface area contributed by atoms with E-state index in [4.69, 9.17) is 0 Å². The summed E-state index contributed by atoms with van der Waals surface area (Å²) in [6.07, 6.45) is 2.78. The first-order valence-electron chi connectivity index (χ1n) is 7.41. The third-order valence-electron chi connectivity index (χ3n) is 4.36. The van der Waals surface area contributed by atoms with Crippen molar-refractivity contribution >= 4 is 0 Å². The van der Waals surface area contributed by atoms with Gasteiger partial charge in [-0.25, -0.2) is 0 Å². The third kappa shape index (κ3) is 4.59. The highest BCUT2D eigenvalue weighted by Crippen LogP contribution is 2.25. The van der Waals surface area contributed by atoms with Crippen LogP contribution >= 0.6 is 0 Å². The smallest absolute Gasteiger partial charge is 0.0108 e. The Hall–Kier alpha value is -0.0800. The molecule has 0 aliphatic carbocycles. The molecule has 0 saturated carbocycles. The summed E-state index contributed by atoms with van der Waals surface area (Å²) < 4.78 is 0. The normalized spacial score (nSPS) is 30.5. The zero-order valence-electron chi connectivity index (χ0n) is 12.7. The van der Waals surface area contributed by atoms with Gasteiger partial charge >= 0.3 is 0 Å². The van der Waals surface area contributed by atoms with Gasteiger partial charge in [-0.2, -0.15) is 0 Å². The van der Waals surface area contributed by atoms with Crippen molar-refractivity contribution in [3.8, 4) is 0 Å². The third-order valence-corrected chi connectivity index (χ3v) is 4.36. The number of rotatable bonds is 5. The lowest BCUT2D eigenvalue weighted by Gasteiger charge is -2.43. The maximum Gasteiger partial charge on any atom is 0.0108 e. The van der Waals surface area contributed by atoms with Gasteiger partial charge in [-0.05, 0) is 45.1 Å². The summed E-state index contributed by atoms with van der Waals surface area (Å²) in [6.45, 7) is 16.4. The van der Waals surface area contributed by atoms with Gasteiger partial charge in [-0.3, -0.25) is 4.90 Å². The molecule has 1 rings (SSSR count). The quantitative estimate of drug-likeness (QED) is 0.794. The van der Waals surface area contributed by atoms with Crippen molar-refractivity contribution in [3.63, 3.8) is 0 Å². The molecule has 0 bridgehead atoms. The maximum absolute atomic E-state index is 3.56. The topological polar surface area (TPSA) is 15.3 Å². The van der Waals surface area contributed by atoms with Crippen LogP contribution in [0.3, 0.4) is 0 Å². The van der Waals surface area contributed by atoms with E-state index in [0.717, 1.165) is 24.4 Å². The Morgan fingerprint density at radius 1 is 1.12 bits per heavy atom. The minimum Gasteiger partial charge on any atom is -0.314 e. The van der Waals surface area contributed by atoms with E-state index in [1.165, 1.54) is 19.4 Å². The molecule has 2 nitrogen and oxygen atoms in total. The fourth-order valence-corrected chi connectivity index (χ4v) is 2.81. The Bertz CT molecular complexity index is 215. The molecule has 0 aromatic heterocycles. The average molecular weight is 240 g/mol. The summed E-state index contributed by atoms with van der Waals surface area (Å²) >= 11 is 0. The SMILES string of the molecule is CC1CCC(C)N(C(C)C(C)CNC(C)C)C1. The number of piperidine rings is 1. The van der Waals surface area contributed by atoms with Gasteiger partial charge in [0.1, 0.15) is 0 Å². The molecule has 4 unspecified atom stereocenters. The molecule has 0 spiro atoms. The predicted octanol–water partition coefficient (Wildman–Crippen LogP) is 3.13. The molecule has 0 amide bonds. The van der Waals surface area contributed by atoms with Gasteiger partial charge in [-0.15, -0.1) is 0 Å². The van der Waals surface area contributed by atoms with Gasteiger partial charge < -0.3 is 5.32 Å². The van der Waals surface area contributed by atoms with E-state index in [0.29, 0.717) is 12.1 Å². The van der Waals surface area contributed by atoms with Crippen LogP contribution in [0, 0.1) is 11.8 Å². The molecule has 0 aromatic rings. The van der Waals surface area contributed by atoms with E-state index in [1.54, 1.807) is 0 Å². The van der Waals surface area contributed by atoms with E-state index < -0.39 is 0 Å². The Morgan fingerprint density at radius 3 is 2.35 bits per heavy atom. The number of nitrogens with one attached hydrogen (secondary N) is 1. The molecular weight excluding hydrogens is 208 g/mol. The fraction of sp³-hybridized carbons (Fsp3) is 1.00. The van der Waals surface area contributed by atoms with Crippen molar-refractivity contribution < 1.29 is 0 Å². The summed E-state index contributed by atoms with van der Waals surface area (Å²) in [5.74, 6) is 1.60. The van der Waals surface area contributed by atoms with Crippen LogP contribution in [0.4, 0.5) is 0 Å². The summed E-state index contributed by atoms with van der Waals surface area (Å²) in [5, 5.41) is 3.56. The Labute approximate surface area is 108 Å². The first kappa shape index (κ1) is 15.0. The standard InChI is InChI=1S/C15H32N2/c1-11(2)16-9-13(4)15(6)17-10-12(3)7-8-14(17)5/h11-16H,7-10H2,1-6H3. The molecule has 102 valence electrons. The second kappa shape index (κ2) is 6.75. The Morgan fingerprint density at radius 2 is 1.76 bits per heavy atom. The van der Waals surface area contributed by atoms with E-state index in [2.05, 4.69) is 51.8 Å². The number of hydrogen-bond donors (Lipinski definition) is 1. The Balaban J connectivity index is 2.46. The van der Waals surface area contributed by atoms with Crippen LogP contribution in [-0.4, -0.2) is 36.1 Å². The Kier molecular flexibility index (Phi) is 5.94. The molecule has 0 radical (unpaired) electrons. The van der Waals surface area contributed by atoms with Crippen molar-refractivity contribution in [2.45, 2.75) is 72.5 Å². The van der Waals surface area contributed by atoms with Gasteiger partial charge in [0.25, 0.3) is 0 Å². The van der Waals surface area contributed by atoms with Crippen LogP contribution < -0.4 is 5.32 Å². The molecule has 17 heavy (non-hydrogen) atoms. The predicted molar refractivity (Wildman–Crippen MR) is 76.3 cm³/mol. The first-order chi connectivity index (χ1) is 7.91. The summed E-state index contributed by atoms with van der Waals surface area (Å²) in [7, 11) is 0. The van der Waals surface area contributed by atoms with Gasteiger partial charge in [-0.1, -0.05) is 27.7 Å². The highest BCUT2D eigenvalue weighted by atomic mass is 15.2. The fourth-order valence-electron chi connectivity index (χ4n) is 2.81. The molecule has 0 aromatic carbocycles. The molecule has 1 N–H and O–H groups in total. The molecule has 1 aliphatic rings. The molecule has 1 fully saturated rings. The van der Waals surface area contributed by atoms with Gasteiger partial charge in [0, 0.05) is 24.7 Å². The largest absolute Gasteiger partial charge is 0.314 e. The number of nitrogens with zero attached hydrogens (tertiary/aromatic N) is 1. The lowest BCUT2D eigenvalue weighted by Crippen LogP contribution is -2.50. The van der Waals surface area contributed by atoms with Crippen molar-refractivity contribution in [3.05, 3.63) is 0 Å². The van der Waals surface area contributed by atoms with Crippen molar-refractivity contribution in [2.75, 3.05) is 13.1 Å². The van der Waals surface area contributed by atoms with E-state index in [-0.39, 0.29) is 0 Å². The minimum atomic E-state index is 0.599. The van der Waals surface area contributed by atoms with Gasteiger partial charge in [0.15, 0.2) is 0 Å². The second-order valence-electron chi connectivity index (χ2n) is 6.51. The highest BCUT2D eigenvalue weighted by Gasteiger charge is 2.29. The van der Waals surface area contributed by atoms with Crippen molar-refractivity contribution in [1.82, 2.24) is 10.2 Å². The summed E-state index contributed by atoms with van der Waals surface area (Å²) in [6, 6.07) is 2.06. The highest BCUT2D eigenvalue weighted by molar-refractivity contribution is 4.84. The lowest BCUT2D eigenvalue weighted by molar-refractivity contribution is 0.0591. The molecule has 1 aliphatic heterocycles. The van der Waals surface area contributed by atoms with Crippen LogP contribution in [0.5, 0.6) is 0 Å². The molecule has 2 heteroatoms. The van der Waals surface area contributed by atoms with Crippen LogP contribution in [0.2, 0.25) is 0 Å².